The predicted molar refractivity (Wildman–Crippen MR) is 132 cm³/mol. The van der Waals surface area contributed by atoms with Crippen LogP contribution in [0.3, 0.4) is 0 Å². The van der Waals surface area contributed by atoms with Gasteiger partial charge in [-0.15, -0.1) is 22.7 Å². The van der Waals surface area contributed by atoms with Crippen LogP contribution in [0.4, 0.5) is 5.69 Å². The monoisotopic (exact) mass is 435 g/mol. The molecule has 0 saturated heterocycles. The molecule has 148 valence electrons. The summed E-state index contributed by atoms with van der Waals surface area (Å²) in [5, 5.41) is 4.21. The van der Waals surface area contributed by atoms with Crippen molar-refractivity contribution >= 4 is 34.4 Å². The van der Waals surface area contributed by atoms with E-state index in [9.17, 15) is 4.79 Å². The van der Waals surface area contributed by atoms with Crippen molar-refractivity contribution in [2.24, 2.45) is 4.99 Å². The second-order valence-corrected chi connectivity index (χ2v) is 8.79. The number of nitrogens with zero attached hydrogens (tertiary/aromatic N) is 1. The molecule has 0 amide bonds. The minimum Gasteiger partial charge on any atom is -0.211 e. The first-order chi connectivity index (χ1) is 15.4. The highest BCUT2D eigenvalue weighted by Crippen LogP contribution is 2.49. The Balaban J connectivity index is 1.78. The molecular weight excluding hydrogens is 418 g/mol. The summed E-state index contributed by atoms with van der Waals surface area (Å²) in [7, 11) is 0. The van der Waals surface area contributed by atoms with Gasteiger partial charge in [-0.1, -0.05) is 72.8 Å². The fourth-order valence-corrected chi connectivity index (χ4v) is 5.76. The maximum atomic E-state index is 11.3. The van der Waals surface area contributed by atoms with Crippen LogP contribution < -0.4 is 0 Å². The summed E-state index contributed by atoms with van der Waals surface area (Å²) in [6, 6.07) is 30.9. The van der Waals surface area contributed by atoms with Gasteiger partial charge in [0.1, 0.15) is 0 Å². The summed E-state index contributed by atoms with van der Waals surface area (Å²) in [5.74, 6) is 0. The molecule has 0 fully saturated rings. The first-order valence-electron chi connectivity index (χ1n) is 9.84. The lowest BCUT2D eigenvalue weighted by atomic mass is 9.94. The van der Waals surface area contributed by atoms with Crippen molar-refractivity contribution in [3.63, 3.8) is 0 Å². The number of hydrogen-bond acceptors (Lipinski definition) is 4. The summed E-state index contributed by atoms with van der Waals surface area (Å²) in [6.07, 6.45) is 1.75. The van der Waals surface area contributed by atoms with Gasteiger partial charge in [-0.3, -0.25) is 0 Å². The Morgan fingerprint density at radius 3 is 1.77 bits per heavy atom. The normalized spacial score (nSPS) is 10.6. The zero-order valence-corrected chi connectivity index (χ0v) is 18.1. The second-order valence-electron chi connectivity index (χ2n) is 6.96. The highest BCUT2D eigenvalue weighted by atomic mass is 32.1. The van der Waals surface area contributed by atoms with E-state index in [2.05, 4.69) is 70.3 Å². The summed E-state index contributed by atoms with van der Waals surface area (Å²) in [4.78, 5) is 17.6. The van der Waals surface area contributed by atoms with Gasteiger partial charge in [0.2, 0.25) is 6.08 Å². The van der Waals surface area contributed by atoms with Crippen LogP contribution in [0.2, 0.25) is 0 Å². The van der Waals surface area contributed by atoms with E-state index in [4.69, 9.17) is 0 Å². The Hall–Kier alpha value is -3.56. The molecule has 31 heavy (non-hydrogen) atoms. The number of carbonyl (C=O) groups excluding carboxylic acids is 1. The van der Waals surface area contributed by atoms with E-state index in [0.717, 1.165) is 32.0 Å². The molecule has 0 aliphatic carbocycles. The van der Waals surface area contributed by atoms with Gasteiger partial charge in [-0.05, 0) is 40.1 Å². The molecule has 0 saturated carbocycles. The van der Waals surface area contributed by atoms with Crippen LogP contribution >= 0.6 is 22.7 Å². The Bertz CT molecular complexity index is 1380. The maximum Gasteiger partial charge on any atom is 0.240 e. The molecule has 0 aliphatic rings. The third-order valence-electron chi connectivity index (χ3n) is 5.18. The SMILES string of the molecule is O=C=Nc1cccc(-c2sccc2-c2ccccc2)c1-c1sccc1-c1ccccc1. The van der Waals surface area contributed by atoms with Crippen molar-refractivity contribution in [3.05, 3.63) is 102 Å². The number of isocyanates is 1. The Morgan fingerprint density at radius 2 is 1.16 bits per heavy atom. The Labute approximate surface area is 188 Å². The lowest BCUT2D eigenvalue weighted by molar-refractivity contribution is 0.565. The summed E-state index contributed by atoms with van der Waals surface area (Å²) < 4.78 is 0. The summed E-state index contributed by atoms with van der Waals surface area (Å²) in [5.41, 5.74) is 7.31. The van der Waals surface area contributed by atoms with Crippen molar-refractivity contribution in [1.29, 1.82) is 0 Å². The summed E-state index contributed by atoms with van der Waals surface area (Å²) in [6.45, 7) is 0. The third-order valence-corrected chi connectivity index (χ3v) is 7.06. The van der Waals surface area contributed by atoms with E-state index < -0.39 is 0 Å². The molecule has 0 radical (unpaired) electrons. The lowest BCUT2D eigenvalue weighted by Crippen LogP contribution is -1.87. The van der Waals surface area contributed by atoms with Gasteiger partial charge >= 0.3 is 0 Å². The van der Waals surface area contributed by atoms with E-state index in [-0.39, 0.29) is 0 Å². The Kier molecular flexibility index (Phi) is 5.42. The molecule has 0 spiro atoms. The van der Waals surface area contributed by atoms with Crippen LogP contribution in [0.25, 0.3) is 43.1 Å². The quantitative estimate of drug-likeness (QED) is 0.201. The van der Waals surface area contributed by atoms with Crippen molar-refractivity contribution in [2.75, 3.05) is 0 Å². The highest BCUT2D eigenvalue weighted by Gasteiger charge is 2.20. The van der Waals surface area contributed by atoms with Gasteiger partial charge in [-0.2, -0.15) is 4.99 Å². The average Bonchev–Trinajstić information content (AvgIpc) is 3.50. The van der Waals surface area contributed by atoms with E-state index >= 15 is 0 Å². The fraction of sp³-hybridized carbons (Fsp3) is 0. The minimum atomic E-state index is 0.638. The van der Waals surface area contributed by atoms with E-state index in [1.165, 1.54) is 11.1 Å². The minimum absolute atomic E-state index is 0.638. The van der Waals surface area contributed by atoms with E-state index in [1.54, 1.807) is 28.8 Å². The average molecular weight is 436 g/mol. The largest absolute Gasteiger partial charge is 0.240 e. The van der Waals surface area contributed by atoms with Gasteiger partial charge in [0, 0.05) is 32.0 Å². The number of hydrogen-bond donors (Lipinski definition) is 0. The maximum absolute atomic E-state index is 11.3. The molecule has 5 aromatic rings. The van der Waals surface area contributed by atoms with Crippen LogP contribution in [0.15, 0.2) is 107 Å². The number of thiophene rings is 2. The molecule has 2 heterocycles. The molecule has 0 N–H and O–H groups in total. The van der Waals surface area contributed by atoms with Gasteiger partial charge in [0.25, 0.3) is 0 Å². The molecule has 0 atom stereocenters. The molecule has 0 unspecified atom stereocenters. The van der Waals surface area contributed by atoms with Gasteiger partial charge in [-0.25, -0.2) is 4.79 Å². The molecule has 5 rings (SSSR count). The van der Waals surface area contributed by atoms with Crippen molar-refractivity contribution in [2.45, 2.75) is 0 Å². The van der Waals surface area contributed by atoms with Crippen molar-refractivity contribution in [3.8, 4) is 43.1 Å². The van der Waals surface area contributed by atoms with Crippen LogP contribution in [0, 0.1) is 0 Å². The molecule has 2 nitrogen and oxygen atoms in total. The van der Waals surface area contributed by atoms with Crippen LogP contribution in [-0.4, -0.2) is 6.08 Å². The Morgan fingerprint density at radius 1 is 0.581 bits per heavy atom. The standard InChI is InChI=1S/C27H17NOS2/c29-18-28-24-13-7-12-23(26-21(14-16-30-26)19-8-3-1-4-9-19)25(24)27-22(15-17-31-27)20-10-5-2-6-11-20/h1-17H. The van der Waals surface area contributed by atoms with E-state index in [0.29, 0.717) is 5.69 Å². The smallest absolute Gasteiger partial charge is 0.211 e. The first kappa shape index (κ1) is 19.4. The van der Waals surface area contributed by atoms with Crippen LogP contribution in [-0.2, 0) is 4.79 Å². The molecule has 4 heteroatoms. The number of rotatable bonds is 5. The van der Waals surface area contributed by atoms with Crippen molar-refractivity contribution < 1.29 is 4.79 Å². The van der Waals surface area contributed by atoms with Crippen LogP contribution in [0.5, 0.6) is 0 Å². The molecular formula is C27H17NOS2. The number of aliphatic imine (C=N–C) groups is 1. The zero-order valence-electron chi connectivity index (χ0n) is 16.5. The van der Waals surface area contributed by atoms with E-state index in [1.807, 2.05) is 36.4 Å². The highest BCUT2D eigenvalue weighted by molar-refractivity contribution is 7.15. The zero-order chi connectivity index (χ0) is 21.0. The molecule has 2 aromatic heterocycles. The molecule has 3 aromatic carbocycles. The van der Waals surface area contributed by atoms with Gasteiger partial charge in [0.15, 0.2) is 0 Å². The lowest BCUT2D eigenvalue weighted by Gasteiger charge is -2.14. The van der Waals surface area contributed by atoms with Gasteiger partial charge in [0.05, 0.1) is 5.69 Å². The summed E-state index contributed by atoms with van der Waals surface area (Å²) >= 11 is 3.37. The van der Waals surface area contributed by atoms with Crippen LogP contribution in [0.1, 0.15) is 0 Å². The van der Waals surface area contributed by atoms with Crippen molar-refractivity contribution in [1.82, 2.24) is 0 Å². The fourth-order valence-electron chi connectivity index (χ4n) is 3.82. The topological polar surface area (TPSA) is 29.4 Å². The third kappa shape index (κ3) is 3.69. The number of benzene rings is 3. The molecule has 0 bridgehead atoms. The predicted octanol–water partition coefficient (Wildman–Crippen LogP) is 8.44. The molecule has 0 aliphatic heterocycles. The second kappa shape index (κ2) is 8.66. The van der Waals surface area contributed by atoms with Gasteiger partial charge < -0.3 is 0 Å². The first-order valence-corrected chi connectivity index (χ1v) is 11.6.